The van der Waals surface area contributed by atoms with Crippen LogP contribution in [0.2, 0.25) is 0 Å². The van der Waals surface area contributed by atoms with Crippen LogP contribution in [0.25, 0.3) is 11.4 Å². The average molecular weight is 467 g/mol. The molecule has 0 bridgehead atoms. The summed E-state index contributed by atoms with van der Waals surface area (Å²) in [6.07, 6.45) is 1.76. The number of nitrogens with zero attached hydrogens (tertiary/aromatic N) is 3. The molecular formula is C24H26N4O4S. The van der Waals surface area contributed by atoms with Gasteiger partial charge in [0, 0.05) is 12.2 Å². The van der Waals surface area contributed by atoms with Gasteiger partial charge < -0.3 is 14.8 Å². The van der Waals surface area contributed by atoms with Gasteiger partial charge in [-0.05, 0) is 50.2 Å². The number of nitrogens with one attached hydrogen (secondary N) is 1. The first-order valence-corrected chi connectivity index (χ1v) is 11.5. The van der Waals surface area contributed by atoms with E-state index >= 15 is 0 Å². The fourth-order valence-electron chi connectivity index (χ4n) is 3.05. The van der Waals surface area contributed by atoms with Crippen molar-refractivity contribution in [3.8, 4) is 17.1 Å². The number of allylic oxidation sites excluding steroid dienone is 1. The predicted molar refractivity (Wildman–Crippen MR) is 129 cm³/mol. The summed E-state index contributed by atoms with van der Waals surface area (Å²) >= 11 is 1.28. The number of hydrogen-bond acceptors (Lipinski definition) is 7. The number of anilines is 1. The van der Waals surface area contributed by atoms with Crippen LogP contribution >= 0.6 is 11.8 Å². The van der Waals surface area contributed by atoms with Gasteiger partial charge in [0.2, 0.25) is 5.91 Å². The predicted octanol–water partition coefficient (Wildman–Crippen LogP) is 4.44. The molecule has 172 valence electrons. The van der Waals surface area contributed by atoms with Gasteiger partial charge in [-0.25, -0.2) is 4.79 Å². The minimum atomic E-state index is -0.394. The van der Waals surface area contributed by atoms with Crippen LogP contribution < -0.4 is 10.1 Å². The first kappa shape index (κ1) is 24.1. The van der Waals surface area contributed by atoms with Crippen molar-refractivity contribution in [3.05, 3.63) is 66.7 Å². The molecule has 0 aliphatic heterocycles. The maximum absolute atomic E-state index is 12.5. The lowest BCUT2D eigenvalue weighted by Gasteiger charge is -2.11. The maximum Gasteiger partial charge on any atom is 0.338 e. The SMILES string of the molecule is C=CCn1c(SCC(=O)Nc2ccc(C(=O)OCC)cc2)nnc1-c1ccccc1OCC. The van der Waals surface area contributed by atoms with E-state index in [-0.39, 0.29) is 11.7 Å². The van der Waals surface area contributed by atoms with Crippen molar-refractivity contribution in [3.63, 3.8) is 0 Å². The maximum atomic E-state index is 12.5. The zero-order valence-corrected chi connectivity index (χ0v) is 19.4. The Kier molecular flexibility index (Phi) is 8.65. The van der Waals surface area contributed by atoms with Gasteiger partial charge in [0.05, 0.1) is 30.1 Å². The highest BCUT2D eigenvalue weighted by Gasteiger charge is 2.18. The molecule has 0 unspecified atom stereocenters. The number of amides is 1. The topological polar surface area (TPSA) is 95.3 Å². The van der Waals surface area contributed by atoms with Crippen LogP contribution in [-0.2, 0) is 16.1 Å². The molecule has 3 aromatic rings. The van der Waals surface area contributed by atoms with Gasteiger partial charge in [0.15, 0.2) is 11.0 Å². The van der Waals surface area contributed by atoms with E-state index in [4.69, 9.17) is 9.47 Å². The second-order valence-electron chi connectivity index (χ2n) is 6.77. The largest absolute Gasteiger partial charge is 0.493 e. The van der Waals surface area contributed by atoms with Crippen molar-refractivity contribution < 1.29 is 19.1 Å². The second kappa shape index (κ2) is 11.9. The van der Waals surface area contributed by atoms with E-state index in [0.717, 1.165) is 11.3 Å². The normalized spacial score (nSPS) is 10.5. The standard InChI is InChI=1S/C24H26N4O4S/c1-4-15-28-22(19-9-7-8-10-20(19)31-5-2)26-27-24(28)33-16-21(29)25-18-13-11-17(12-14-18)23(30)32-6-3/h4,7-14H,1,5-6,15-16H2,2-3H3,(H,25,29). The summed E-state index contributed by atoms with van der Waals surface area (Å²) in [6.45, 7) is 8.83. The number of aromatic nitrogens is 3. The Balaban J connectivity index is 1.68. The zero-order chi connectivity index (χ0) is 23.6. The molecule has 33 heavy (non-hydrogen) atoms. The zero-order valence-electron chi connectivity index (χ0n) is 18.6. The number of hydrogen-bond donors (Lipinski definition) is 1. The van der Waals surface area contributed by atoms with Crippen LogP contribution in [0, 0.1) is 0 Å². The quantitative estimate of drug-likeness (QED) is 0.254. The number of benzene rings is 2. The lowest BCUT2D eigenvalue weighted by atomic mass is 10.2. The molecule has 0 fully saturated rings. The molecule has 1 amide bonds. The van der Waals surface area contributed by atoms with Gasteiger partial charge >= 0.3 is 5.97 Å². The third-order valence-electron chi connectivity index (χ3n) is 4.47. The highest BCUT2D eigenvalue weighted by atomic mass is 32.2. The summed E-state index contributed by atoms with van der Waals surface area (Å²) in [5, 5.41) is 12.0. The number of carbonyl (C=O) groups is 2. The molecule has 0 radical (unpaired) electrons. The molecule has 1 aromatic heterocycles. The van der Waals surface area contributed by atoms with Crippen molar-refractivity contribution in [2.24, 2.45) is 0 Å². The Morgan fingerprint density at radius 1 is 1.09 bits per heavy atom. The molecule has 1 heterocycles. The van der Waals surface area contributed by atoms with E-state index in [9.17, 15) is 9.59 Å². The lowest BCUT2D eigenvalue weighted by molar-refractivity contribution is -0.113. The minimum Gasteiger partial charge on any atom is -0.493 e. The van der Waals surface area contributed by atoms with E-state index in [1.165, 1.54) is 11.8 Å². The van der Waals surface area contributed by atoms with Gasteiger partial charge in [0.25, 0.3) is 0 Å². The molecule has 0 aliphatic carbocycles. The van der Waals surface area contributed by atoms with Crippen molar-refractivity contribution in [2.45, 2.75) is 25.5 Å². The third kappa shape index (κ3) is 6.23. The first-order valence-electron chi connectivity index (χ1n) is 10.5. The van der Waals surface area contributed by atoms with Crippen LogP contribution in [0.1, 0.15) is 24.2 Å². The van der Waals surface area contributed by atoms with Gasteiger partial charge in [-0.15, -0.1) is 16.8 Å². The van der Waals surface area contributed by atoms with Crippen molar-refractivity contribution >= 4 is 29.3 Å². The van der Waals surface area contributed by atoms with E-state index in [0.29, 0.717) is 42.0 Å². The molecule has 2 aromatic carbocycles. The Labute approximate surface area is 197 Å². The van der Waals surface area contributed by atoms with Gasteiger partial charge in [-0.1, -0.05) is 30.0 Å². The highest BCUT2D eigenvalue weighted by molar-refractivity contribution is 7.99. The molecule has 0 atom stereocenters. The second-order valence-corrected chi connectivity index (χ2v) is 7.71. The van der Waals surface area contributed by atoms with Crippen LogP contribution in [-0.4, -0.2) is 45.6 Å². The van der Waals surface area contributed by atoms with E-state index < -0.39 is 5.97 Å². The van der Waals surface area contributed by atoms with Gasteiger partial charge in [-0.2, -0.15) is 0 Å². The Hall–Kier alpha value is -3.59. The van der Waals surface area contributed by atoms with E-state index in [1.807, 2.05) is 35.8 Å². The number of esters is 1. The van der Waals surface area contributed by atoms with Crippen LogP contribution in [0.4, 0.5) is 5.69 Å². The highest BCUT2D eigenvalue weighted by Crippen LogP contribution is 2.31. The molecule has 1 N–H and O–H groups in total. The van der Waals surface area contributed by atoms with E-state index in [1.54, 1.807) is 37.3 Å². The number of ether oxygens (including phenoxy) is 2. The number of thioether (sulfide) groups is 1. The molecule has 3 rings (SSSR count). The average Bonchev–Trinajstić information content (AvgIpc) is 3.21. The number of para-hydroxylation sites is 1. The Bertz CT molecular complexity index is 1110. The monoisotopic (exact) mass is 466 g/mol. The Morgan fingerprint density at radius 2 is 1.85 bits per heavy atom. The van der Waals surface area contributed by atoms with Crippen molar-refractivity contribution in [2.75, 3.05) is 24.3 Å². The summed E-state index contributed by atoms with van der Waals surface area (Å²) in [5.74, 6) is 0.916. The van der Waals surface area contributed by atoms with Crippen molar-refractivity contribution in [1.29, 1.82) is 0 Å². The lowest BCUT2D eigenvalue weighted by Crippen LogP contribution is -2.15. The molecule has 0 spiro atoms. The van der Waals surface area contributed by atoms with Crippen LogP contribution in [0.15, 0.2) is 66.3 Å². The summed E-state index contributed by atoms with van der Waals surface area (Å²) in [7, 11) is 0. The van der Waals surface area contributed by atoms with Crippen LogP contribution in [0.3, 0.4) is 0 Å². The number of rotatable bonds is 11. The fraction of sp³-hybridized carbons (Fsp3) is 0.250. The molecule has 9 heteroatoms. The van der Waals surface area contributed by atoms with Gasteiger partial charge in [-0.3, -0.25) is 9.36 Å². The first-order chi connectivity index (χ1) is 16.1. The smallest absolute Gasteiger partial charge is 0.338 e. The van der Waals surface area contributed by atoms with E-state index in [2.05, 4.69) is 22.1 Å². The minimum absolute atomic E-state index is 0.141. The molecular weight excluding hydrogens is 440 g/mol. The van der Waals surface area contributed by atoms with Gasteiger partial charge in [0.1, 0.15) is 5.75 Å². The summed E-state index contributed by atoms with van der Waals surface area (Å²) < 4.78 is 12.6. The van der Waals surface area contributed by atoms with Crippen LogP contribution in [0.5, 0.6) is 5.75 Å². The summed E-state index contributed by atoms with van der Waals surface area (Å²) in [4.78, 5) is 24.2. The molecule has 8 nitrogen and oxygen atoms in total. The Morgan fingerprint density at radius 3 is 2.55 bits per heavy atom. The summed E-state index contributed by atoms with van der Waals surface area (Å²) in [6, 6.07) is 14.2. The fourth-order valence-corrected chi connectivity index (χ4v) is 3.80. The third-order valence-corrected chi connectivity index (χ3v) is 5.44. The molecule has 0 aliphatic rings. The van der Waals surface area contributed by atoms with Crippen molar-refractivity contribution in [1.82, 2.24) is 14.8 Å². The summed E-state index contributed by atoms with van der Waals surface area (Å²) in [5.41, 5.74) is 1.85. The number of carbonyl (C=O) groups excluding carboxylic acids is 2. The molecule has 0 saturated heterocycles. The molecule has 0 saturated carbocycles.